The summed E-state index contributed by atoms with van der Waals surface area (Å²) >= 11 is 7.47. The average Bonchev–Trinajstić information content (AvgIpc) is 2.31. The quantitative estimate of drug-likeness (QED) is 0.851. The summed E-state index contributed by atoms with van der Waals surface area (Å²) in [6.07, 6.45) is -2.59. The van der Waals surface area contributed by atoms with Crippen molar-refractivity contribution in [3.05, 3.63) is 28.8 Å². The first-order valence-corrected chi connectivity index (χ1v) is 7.21. The van der Waals surface area contributed by atoms with E-state index in [1.165, 1.54) is 12.1 Å². The number of nitrogens with one attached hydrogen (secondary N) is 1. The molecular weight excluding hydrogens is 283 g/mol. The molecule has 0 bridgehead atoms. The van der Waals surface area contributed by atoms with Crippen LogP contribution in [-0.4, -0.2) is 17.5 Å². The number of rotatable bonds is 2. The molecule has 0 radical (unpaired) electrons. The van der Waals surface area contributed by atoms with E-state index in [0.717, 1.165) is 30.4 Å². The van der Waals surface area contributed by atoms with Crippen molar-refractivity contribution in [1.29, 1.82) is 0 Å². The summed E-state index contributed by atoms with van der Waals surface area (Å²) in [5, 5.41) is 3.10. The molecule has 0 aliphatic carbocycles. The van der Waals surface area contributed by atoms with E-state index in [0.29, 0.717) is 0 Å². The fraction of sp³-hybridized carbons (Fsp3) is 0.500. The lowest BCUT2D eigenvalue weighted by atomic mass is 10.1. The summed E-state index contributed by atoms with van der Waals surface area (Å²) in [5.41, 5.74) is -0.558. The van der Waals surface area contributed by atoms with Crippen LogP contribution < -0.4 is 5.32 Å². The highest BCUT2D eigenvalue weighted by atomic mass is 35.5. The molecule has 2 rings (SSSR count). The van der Waals surface area contributed by atoms with Crippen molar-refractivity contribution in [1.82, 2.24) is 0 Å². The standard InChI is InChI=1S/C12H13ClF3NS/c13-8-1-2-11(10(7-8)12(14,15)16)17-9-3-5-18-6-4-9/h1-2,7,9,17H,3-6H2. The molecule has 6 heteroatoms. The first kappa shape index (κ1) is 13.9. The summed E-state index contributed by atoms with van der Waals surface area (Å²) in [6, 6.07) is 3.99. The molecule has 1 aliphatic rings. The van der Waals surface area contributed by atoms with Crippen LogP contribution in [0.5, 0.6) is 0 Å². The van der Waals surface area contributed by atoms with E-state index in [4.69, 9.17) is 11.6 Å². The molecule has 1 nitrogen and oxygen atoms in total. The van der Waals surface area contributed by atoms with Gasteiger partial charge in [-0.05, 0) is 42.5 Å². The van der Waals surface area contributed by atoms with Crippen LogP contribution in [0.3, 0.4) is 0 Å². The smallest absolute Gasteiger partial charge is 0.382 e. The van der Waals surface area contributed by atoms with Gasteiger partial charge in [0.1, 0.15) is 0 Å². The Morgan fingerprint density at radius 3 is 2.50 bits per heavy atom. The number of alkyl halides is 3. The first-order valence-electron chi connectivity index (χ1n) is 5.68. The number of anilines is 1. The maximum absolute atomic E-state index is 12.9. The average molecular weight is 296 g/mol. The Balaban J connectivity index is 2.21. The van der Waals surface area contributed by atoms with E-state index in [1.807, 2.05) is 11.8 Å². The summed E-state index contributed by atoms with van der Waals surface area (Å²) in [5.74, 6) is 1.99. The fourth-order valence-corrected chi connectivity index (χ4v) is 3.22. The number of hydrogen-bond acceptors (Lipinski definition) is 2. The lowest BCUT2D eigenvalue weighted by Crippen LogP contribution is -2.26. The predicted octanol–water partition coefficient (Wildman–Crippen LogP) is 4.67. The van der Waals surface area contributed by atoms with Crippen molar-refractivity contribution in [3.63, 3.8) is 0 Å². The molecule has 1 aliphatic heterocycles. The molecule has 1 saturated heterocycles. The molecule has 0 saturated carbocycles. The summed E-state index contributed by atoms with van der Waals surface area (Å²) < 4.78 is 38.6. The van der Waals surface area contributed by atoms with Crippen molar-refractivity contribution >= 4 is 29.1 Å². The zero-order valence-corrected chi connectivity index (χ0v) is 11.1. The van der Waals surface area contributed by atoms with Gasteiger partial charge in [-0.1, -0.05) is 11.6 Å². The SMILES string of the molecule is FC(F)(F)c1cc(Cl)ccc1NC1CCSCC1. The Hall–Kier alpha value is -0.550. The van der Waals surface area contributed by atoms with Gasteiger partial charge in [-0.2, -0.15) is 24.9 Å². The van der Waals surface area contributed by atoms with Gasteiger partial charge >= 0.3 is 6.18 Å². The minimum Gasteiger partial charge on any atom is -0.382 e. The van der Waals surface area contributed by atoms with Crippen molar-refractivity contribution in [2.24, 2.45) is 0 Å². The molecule has 0 aromatic heterocycles. The Labute approximate surface area is 113 Å². The summed E-state index contributed by atoms with van der Waals surface area (Å²) in [6.45, 7) is 0. The van der Waals surface area contributed by atoms with E-state index < -0.39 is 11.7 Å². The van der Waals surface area contributed by atoms with E-state index in [2.05, 4.69) is 5.32 Å². The van der Waals surface area contributed by atoms with Crippen LogP contribution in [0.4, 0.5) is 18.9 Å². The zero-order valence-electron chi connectivity index (χ0n) is 9.56. The molecule has 0 atom stereocenters. The Morgan fingerprint density at radius 2 is 1.89 bits per heavy atom. The van der Waals surface area contributed by atoms with Gasteiger partial charge < -0.3 is 5.32 Å². The predicted molar refractivity (Wildman–Crippen MR) is 70.4 cm³/mol. The fourth-order valence-electron chi connectivity index (χ4n) is 1.94. The highest BCUT2D eigenvalue weighted by Crippen LogP contribution is 2.37. The molecule has 100 valence electrons. The normalized spacial score (nSPS) is 17.8. The lowest BCUT2D eigenvalue weighted by Gasteiger charge is -2.25. The van der Waals surface area contributed by atoms with Gasteiger partial charge in [-0.25, -0.2) is 0 Å². The molecule has 1 N–H and O–H groups in total. The molecule has 0 spiro atoms. The van der Waals surface area contributed by atoms with Gasteiger partial charge in [0.25, 0.3) is 0 Å². The van der Waals surface area contributed by atoms with Crippen LogP contribution in [0.1, 0.15) is 18.4 Å². The molecule has 1 aromatic rings. The van der Waals surface area contributed by atoms with Crippen LogP contribution in [0, 0.1) is 0 Å². The van der Waals surface area contributed by atoms with E-state index in [9.17, 15) is 13.2 Å². The molecule has 0 unspecified atom stereocenters. The number of hydrogen-bond donors (Lipinski definition) is 1. The largest absolute Gasteiger partial charge is 0.418 e. The Kier molecular flexibility index (Phi) is 4.33. The zero-order chi connectivity index (χ0) is 13.2. The minimum atomic E-state index is -4.38. The highest BCUT2D eigenvalue weighted by molar-refractivity contribution is 7.99. The summed E-state index contributed by atoms with van der Waals surface area (Å²) in [4.78, 5) is 0. The third-order valence-corrected chi connectivity index (χ3v) is 4.15. The van der Waals surface area contributed by atoms with Gasteiger partial charge in [-0.3, -0.25) is 0 Å². The highest BCUT2D eigenvalue weighted by Gasteiger charge is 2.34. The topological polar surface area (TPSA) is 12.0 Å². The summed E-state index contributed by atoms with van der Waals surface area (Å²) in [7, 11) is 0. The molecule has 0 amide bonds. The molecule has 1 fully saturated rings. The number of halogens is 4. The molecule has 18 heavy (non-hydrogen) atoms. The molecular formula is C12H13ClF3NS. The second-order valence-corrected chi connectivity index (χ2v) is 5.88. The van der Waals surface area contributed by atoms with Gasteiger partial charge in [-0.15, -0.1) is 0 Å². The monoisotopic (exact) mass is 295 g/mol. The van der Waals surface area contributed by atoms with Crippen molar-refractivity contribution in [2.75, 3.05) is 16.8 Å². The second kappa shape index (κ2) is 5.61. The third kappa shape index (κ3) is 3.48. The maximum Gasteiger partial charge on any atom is 0.418 e. The maximum atomic E-state index is 12.9. The van der Waals surface area contributed by atoms with Crippen LogP contribution >= 0.6 is 23.4 Å². The lowest BCUT2D eigenvalue weighted by molar-refractivity contribution is -0.137. The van der Waals surface area contributed by atoms with E-state index in [-0.39, 0.29) is 16.8 Å². The minimum absolute atomic E-state index is 0.104. The van der Waals surface area contributed by atoms with Crippen molar-refractivity contribution < 1.29 is 13.2 Å². The van der Waals surface area contributed by atoms with Gasteiger partial charge in [0, 0.05) is 16.8 Å². The van der Waals surface area contributed by atoms with Crippen molar-refractivity contribution in [2.45, 2.75) is 25.1 Å². The van der Waals surface area contributed by atoms with Crippen LogP contribution in [0.15, 0.2) is 18.2 Å². The van der Waals surface area contributed by atoms with Crippen LogP contribution in [0.25, 0.3) is 0 Å². The Bertz CT molecular complexity index is 416. The third-order valence-electron chi connectivity index (χ3n) is 2.87. The van der Waals surface area contributed by atoms with Crippen LogP contribution in [-0.2, 0) is 6.18 Å². The van der Waals surface area contributed by atoms with E-state index in [1.54, 1.807) is 0 Å². The number of benzene rings is 1. The molecule has 1 aromatic carbocycles. The number of thioether (sulfide) groups is 1. The van der Waals surface area contributed by atoms with Gasteiger partial charge in [0.05, 0.1) is 5.56 Å². The Morgan fingerprint density at radius 1 is 1.22 bits per heavy atom. The van der Waals surface area contributed by atoms with Crippen molar-refractivity contribution in [3.8, 4) is 0 Å². The first-order chi connectivity index (χ1) is 8.47. The van der Waals surface area contributed by atoms with Gasteiger partial charge in [0.2, 0.25) is 0 Å². The van der Waals surface area contributed by atoms with Gasteiger partial charge in [0.15, 0.2) is 0 Å². The van der Waals surface area contributed by atoms with Crippen LogP contribution in [0.2, 0.25) is 5.02 Å². The molecule has 1 heterocycles. The van der Waals surface area contributed by atoms with E-state index >= 15 is 0 Å². The second-order valence-electron chi connectivity index (χ2n) is 4.22.